The van der Waals surface area contributed by atoms with Crippen molar-refractivity contribution < 1.29 is 9.84 Å². The summed E-state index contributed by atoms with van der Waals surface area (Å²) in [6.45, 7) is 5.20. The predicted molar refractivity (Wildman–Crippen MR) is 91.3 cm³/mol. The topological polar surface area (TPSA) is 58.7 Å². The molecular weight excluding hydrogens is 276 g/mol. The Morgan fingerprint density at radius 1 is 1.36 bits per heavy atom. The number of aryl methyl sites for hydroxylation is 1. The Morgan fingerprint density at radius 2 is 2.23 bits per heavy atom. The quantitative estimate of drug-likeness (QED) is 0.725. The van der Waals surface area contributed by atoms with E-state index in [-0.39, 0.29) is 0 Å². The van der Waals surface area contributed by atoms with Gasteiger partial charge in [-0.1, -0.05) is 12.5 Å². The van der Waals surface area contributed by atoms with Crippen molar-refractivity contribution in [1.29, 1.82) is 0 Å². The second-order valence-electron chi connectivity index (χ2n) is 6.11. The molecule has 1 aromatic rings. The number of anilines is 1. The maximum atomic E-state index is 9.19. The van der Waals surface area contributed by atoms with E-state index in [2.05, 4.69) is 11.0 Å². The Hall–Kier alpha value is -1.26. The Bertz CT molecular complexity index is 449. The molecule has 1 heterocycles. The minimum absolute atomic E-state index is 0.302. The molecule has 124 valence electrons. The molecule has 22 heavy (non-hydrogen) atoms. The molecule has 4 nitrogen and oxygen atoms in total. The van der Waals surface area contributed by atoms with Gasteiger partial charge in [0.15, 0.2) is 0 Å². The summed E-state index contributed by atoms with van der Waals surface area (Å²) >= 11 is 0. The number of nitrogens with two attached hydrogens (primary N) is 1. The molecule has 4 heteroatoms. The highest BCUT2D eigenvalue weighted by atomic mass is 16.5. The molecule has 1 atom stereocenters. The summed E-state index contributed by atoms with van der Waals surface area (Å²) in [5.41, 5.74) is 8.03. The number of hydrogen-bond donors (Lipinski definition) is 2. The number of rotatable bonds is 8. The van der Waals surface area contributed by atoms with Gasteiger partial charge in [0.05, 0.1) is 12.3 Å². The van der Waals surface area contributed by atoms with Gasteiger partial charge >= 0.3 is 0 Å². The summed E-state index contributed by atoms with van der Waals surface area (Å²) in [7, 11) is 0. The second kappa shape index (κ2) is 9.01. The summed E-state index contributed by atoms with van der Waals surface area (Å²) in [6, 6.07) is 6.70. The molecule has 1 aromatic carbocycles. The van der Waals surface area contributed by atoms with Gasteiger partial charge in [0.1, 0.15) is 5.75 Å². The lowest BCUT2D eigenvalue weighted by molar-refractivity contribution is 0.118. The van der Waals surface area contributed by atoms with Crippen LogP contribution in [0.25, 0.3) is 0 Å². The fourth-order valence-electron chi connectivity index (χ4n) is 3.36. The van der Waals surface area contributed by atoms with E-state index in [0.29, 0.717) is 19.3 Å². The molecule has 0 bridgehead atoms. The lowest BCUT2D eigenvalue weighted by Gasteiger charge is -2.35. The molecule has 0 aromatic heterocycles. The van der Waals surface area contributed by atoms with Crippen molar-refractivity contribution in [2.45, 2.75) is 51.5 Å². The van der Waals surface area contributed by atoms with Crippen molar-refractivity contribution in [3.05, 3.63) is 23.8 Å². The zero-order valence-electron chi connectivity index (χ0n) is 13.8. The minimum Gasteiger partial charge on any atom is -0.492 e. The maximum Gasteiger partial charge on any atom is 0.142 e. The van der Waals surface area contributed by atoms with Crippen molar-refractivity contribution in [2.24, 2.45) is 0 Å². The van der Waals surface area contributed by atoms with Gasteiger partial charge in [-0.05, 0) is 69.8 Å². The lowest BCUT2D eigenvalue weighted by Crippen LogP contribution is -2.40. The second-order valence-corrected chi connectivity index (χ2v) is 6.11. The highest BCUT2D eigenvalue weighted by molar-refractivity contribution is 5.54. The van der Waals surface area contributed by atoms with Crippen LogP contribution in [-0.4, -0.2) is 42.4 Å². The van der Waals surface area contributed by atoms with Crippen LogP contribution in [0.3, 0.4) is 0 Å². The van der Waals surface area contributed by atoms with E-state index in [0.717, 1.165) is 37.2 Å². The highest BCUT2D eigenvalue weighted by Gasteiger charge is 2.21. The third kappa shape index (κ3) is 4.89. The van der Waals surface area contributed by atoms with E-state index in [1.165, 1.54) is 31.4 Å². The normalized spacial score (nSPS) is 19.3. The Labute approximate surface area is 134 Å². The minimum atomic E-state index is 0.302. The van der Waals surface area contributed by atoms with Crippen molar-refractivity contribution in [3.63, 3.8) is 0 Å². The van der Waals surface area contributed by atoms with Crippen molar-refractivity contribution >= 4 is 5.69 Å². The molecule has 2 rings (SSSR count). The fraction of sp³-hybridized carbons (Fsp3) is 0.667. The number of benzene rings is 1. The van der Waals surface area contributed by atoms with Gasteiger partial charge < -0.3 is 20.5 Å². The summed E-state index contributed by atoms with van der Waals surface area (Å²) in [4.78, 5) is 2.55. The molecule has 1 aliphatic rings. The van der Waals surface area contributed by atoms with Gasteiger partial charge in [-0.2, -0.15) is 0 Å². The zero-order chi connectivity index (χ0) is 15.8. The summed E-state index contributed by atoms with van der Waals surface area (Å²) in [6.07, 6.45) is 6.91. The first kappa shape index (κ1) is 17.1. The number of piperidine rings is 1. The Kier molecular flexibility index (Phi) is 7.00. The van der Waals surface area contributed by atoms with Gasteiger partial charge in [-0.3, -0.25) is 0 Å². The summed E-state index contributed by atoms with van der Waals surface area (Å²) < 4.78 is 5.48. The third-order valence-corrected chi connectivity index (χ3v) is 4.50. The Morgan fingerprint density at radius 3 is 2.95 bits per heavy atom. The smallest absolute Gasteiger partial charge is 0.142 e. The number of aliphatic hydroxyl groups excluding tert-OH is 1. The van der Waals surface area contributed by atoms with Crippen LogP contribution in [0.15, 0.2) is 18.2 Å². The van der Waals surface area contributed by atoms with Crippen LogP contribution in [0.1, 0.15) is 44.6 Å². The first-order valence-electron chi connectivity index (χ1n) is 8.60. The van der Waals surface area contributed by atoms with Crippen LogP contribution in [0.5, 0.6) is 5.75 Å². The Balaban J connectivity index is 1.81. The van der Waals surface area contributed by atoms with E-state index in [1.807, 2.05) is 19.1 Å². The molecular formula is C18H30N2O2. The molecule has 0 saturated carbocycles. The molecule has 1 saturated heterocycles. The summed E-state index contributed by atoms with van der Waals surface area (Å²) in [5, 5.41) is 9.19. The maximum absolute atomic E-state index is 9.19. The van der Waals surface area contributed by atoms with E-state index in [1.54, 1.807) is 0 Å². The highest BCUT2D eigenvalue weighted by Crippen LogP contribution is 2.24. The number of aliphatic hydroxyl groups is 1. The van der Waals surface area contributed by atoms with E-state index in [9.17, 15) is 5.11 Å². The van der Waals surface area contributed by atoms with E-state index >= 15 is 0 Å². The molecule has 0 spiro atoms. The zero-order valence-corrected chi connectivity index (χ0v) is 13.8. The fourth-order valence-corrected chi connectivity index (χ4v) is 3.36. The lowest BCUT2D eigenvalue weighted by atomic mass is 9.99. The number of ether oxygens (including phenoxy) is 1. The SMILES string of the molecule is CCOc1ccc(CCCN2CCCCC2CCO)cc1N. The van der Waals surface area contributed by atoms with Crippen molar-refractivity contribution in [3.8, 4) is 5.75 Å². The van der Waals surface area contributed by atoms with Gasteiger partial charge in [0.2, 0.25) is 0 Å². The van der Waals surface area contributed by atoms with Gasteiger partial charge in [0.25, 0.3) is 0 Å². The van der Waals surface area contributed by atoms with Crippen LogP contribution in [0.2, 0.25) is 0 Å². The number of nitrogens with zero attached hydrogens (tertiary/aromatic N) is 1. The largest absolute Gasteiger partial charge is 0.492 e. The average Bonchev–Trinajstić information content (AvgIpc) is 2.52. The molecule has 1 aliphatic heterocycles. The summed E-state index contributed by atoms with van der Waals surface area (Å²) in [5.74, 6) is 0.783. The number of nitrogen functional groups attached to an aromatic ring is 1. The molecule has 1 fully saturated rings. The van der Waals surface area contributed by atoms with Crippen LogP contribution in [0.4, 0.5) is 5.69 Å². The van der Waals surface area contributed by atoms with Crippen LogP contribution in [-0.2, 0) is 6.42 Å². The van der Waals surface area contributed by atoms with Gasteiger partial charge in [-0.25, -0.2) is 0 Å². The van der Waals surface area contributed by atoms with E-state index in [4.69, 9.17) is 10.5 Å². The molecule has 0 radical (unpaired) electrons. The standard InChI is InChI=1S/C18H30N2O2/c1-2-22-18-9-8-15(14-17(18)19)6-5-12-20-11-4-3-7-16(20)10-13-21/h8-9,14,16,21H,2-7,10-13,19H2,1H3. The predicted octanol–water partition coefficient (Wildman–Crippen LogP) is 2.84. The van der Waals surface area contributed by atoms with Crippen LogP contribution < -0.4 is 10.5 Å². The average molecular weight is 306 g/mol. The molecule has 0 aliphatic carbocycles. The first-order valence-corrected chi connectivity index (χ1v) is 8.60. The first-order chi connectivity index (χ1) is 10.7. The van der Waals surface area contributed by atoms with Crippen LogP contribution in [0, 0.1) is 0 Å². The van der Waals surface area contributed by atoms with Crippen molar-refractivity contribution in [2.75, 3.05) is 32.0 Å². The number of hydrogen-bond acceptors (Lipinski definition) is 4. The van der Waals surface area contributed by atoms with E-state index < -0.39 is 0 Å². The van der Waals surface area contributed by atoms with Crippen molar-refractivity contribution in [1.82, 2.24) is 4.90 Å². The van der Waals surface area contributed by atoms with Gasteiger partial charge in [0, 0.05) is 12.6 Å². The van der Waals surface area contributed by atoms with Crippen LogP contribution >= 0.6 is 0 Å². The monoisotopic (exact) mass is 306 g/mol. The molecule has 0 amide bonds. The van der Waals surface area contributed by atoms with Gasteiger partial charge in [-0.15, -0.1) is 0 Å². The third-order valence-electron chi connectivity index (χ3n) is 4.50. The molecule has 3 N–H and O–H groups in total. The molecule has 1 unspecified atom stereocenters. The number of likely N-dealkylation sites (tertiary alicyclic amines) is 1.